The summed E-state index contributed by atoms with van der Waals surface area (Å²) in [5.41, 5.74) is 6.44. The van der Waals surface area contributed by atoms with E-state index in [1.54, 1.807) is 0 Å². The Morgan fingerprint density at radius 2 is 1.83 bits per heavy atom. The lowest BCUT2D eigenvalue weighted by Crippen LogP contribution is -2.59. The van der Waals surface area contributed by atoms with Gasteiger partial charge in [-0.2, -0.15) is 4.91 Å². The largest absolute Gasteiger partial charge is 0.370 e. The second kappa shape index (κ2) is 15.0. The fourth-order valence-electron chi connectivity index (χ4n) is 10.3. The van der Waals surface area contributed by atoms with Gasteiger partial charge >= 0.3 is 0 Å². The average molecular weight is 671 g/mol. The number of allylic oxidation sites excluding steroid dienone is 1. The first-order valence-electron chi connectivity index (χ1n) is 19.5. The molecular weight excluding hydrogens is 612 g/mol. The van der Waals surface area contributed by atoms with Crippen LogP contribution in [0, 0.1) is 22.7 Å². The number of hydrogen-bond acceptors (Lipinski definition) is 5. The van der Waals surface area contributed by atoms with Gasteiger partial charge in [0.2, 0.25) is 0 Å². The average Bonchev–Trinajstić information content (AvgIpc) is 3.25. The molecule has 0 spiro atoms. The number of aryl methyl sites for hydroxylation is 2. The Kier molecular flexibility index (Phi) is 10.7. The molecule has 4 aliphatic heterocycles. The summed E-state index contributed by atoms with van der Waals surface area (Å²) >= 11 is 6.55. The number of piperidine rings is 1. The van der Waals surface area contributed by atoms with Gasteiger partial charge in [0.05, 0.1) is 0 Å². The van der Waals surface area contributed by atoms with Crippen molar-refractivity contribution in [1.82, 2.24) is 9.80 Å². The van der Waals surface area contributed by atoms with E-state index in [2.05, 4.69) is 89.2 Å². The third kappa shape index (κ3) is 7.44. The molecule has 2 aromatic rings. The third-order valence-corrected chi connectivity index (χ3v) is 13.1. The zero-order chi connectivity index (χ0) is 33.3. The van der Waals surface area contributed by atoms with Crippen molar-refractivity contribution in [2.45, 2.75) is 121 Å². The number of piperazine rings is 1. The Labute approximate surface area is 295 Å². The Bertz CT molecular complexity index is 1460. The maximum absolute atomic E-state index is 12.4. The predicted octanol–water partition coefficient (Wildman–Crippen LogP) is 9.45. The van der Waals surface area contributed by atoms with E-state index in [-0.39, 0.29) is 0 Å². The van der Waals surface area contributed by atoms with Gasteiger partial charge in [0.15, 0.2) is 0 Å². The van der Waals surface area contributed by atoms with Crippen molar-refractivity contribution in [2.24, 2.45) is 22.9 Å². The maximum Gasteiger partial charge on any atom is 0.104 e. The Morgan fingerprint density at radius 1 is 0.958 bits per heavy atom. The van der Waals surface area contributed by atoms with Gasteiger partial charge in [-0.1, -0.05) is 73.8 Å². The summed E-state index contributed by atoms with van der Waals surface area (Å²) < 4.78 is 0. The summed E-state index contributed by atoms with van der Waals surface area (Å²) in [5, 5.41) is 4.65. The molecule has 4 heterocycles. The maximum atomic E-state index is 12.4. The molecule has 6 heteroatoms. The molecule has 7 unspecified atom stereocenters. The van der Waals surface area contributed by atoms with Crippen LogP contribution in [-0.4, -0.2) is 66.7 Å². The number of anilines is 1. The minimum absolute atomic E-state index is 0.414. The minimum atomic E-state index is -0.603. The summed E-state index contributed by atoms with van der Waals surface area (Å²) in [5.74, 6) is 2.26. The second-order valence-electron chi connectivity index (χ2n) is 16.6. The molecule has 260 valence electrons. The fraction of sp³-hybridized carbons (Fsp3) is 0.667. The molecule has 0 radical (unpaired) electrons. The molecule has 1 saturated carbocycles. The predicted molar refractivity (Wildman–Crippen MR) is 201 cm³/mol. The van der Waals surface area contributed by atoms with E-state index in [0.29, 0.717) is 36.1 Å². The molecule has 5 nitrogen and oxygen atoms in total. The molecule has 3 fully saturated rings. The summed E-state index contributed by atoms with van der Waals surface area (Å²) in [6.07, 6.45) is 18.8. The van der Waals surface area contributed by atoms with Crippen molar-refractivity contribution in [3.8, 4) is 0 Å². The van der Waals surface area contributed by atoms with Gasteiger partial charge in [-0.25, -0.2) is 0 Å². The van der Waals surface area contributed by atoms with Crippen LogP contribution >= 0.6 is 11.6 Å². The first-order valence-corrected chi connectivity index (χ1v) is 19.8. The minimum Gasteiger partial charge on any atom is -0.370 e. The molecule has 2 bridgehead atoms. The molecule has 1 aliphatic carbocycles. The summed E-state index contributed by atoms with van der Waals surface area (Å²) in [4.78, 5) is 20.9. The summed E-state index contributed by atoms with van der Waals surface area (Å²) in [7, 11) is 0. The molecule has 7 rings (SSSR count). The number of fused-ring (bicyclic) bond motifs is 3. The van der Waals surface area contributed by atoms with Crippen LogP contribution in [0.2, 0.25) is 5.02 Å². The third-order valence-electron chi connectivity index (χ3n) is 12.9. The molecule has 7 atom stereocenters. The van der Waals surface area contributed by atoms with Crippen molar-refractivity contribution in [2.75, 3.05) is 44.2 Å². The molecule has 0 N–H and O–H groups in total. The Hall–Kier alpha value is -2.21. The quantitative estimate of drug-likeness (QED) is 0.235. The highest BCUT2D eigenvalue weighted by atomic mass is 35.5. The van der Waals surface area contributed by atoms with Crippen LogP contribution in [0.4, 0.5) is 5.69 Å². The zero-order valence-corrected chi connectivity index (χ0v) is 30.6. The van der Waals surface area contributed by atoms with Crippen LogP contribution in [-0.2, 0) is 19.3 Å². The zero-order valence-electron chi connectivity index (χ0n) is 29.9. The number of nitrogens with zero attached hydrogens (tertiary/aromatic N) is 4. The first kappa shape index (κ1) is 34.2. The van der Waals surface area contributed by atoms with Gasteiger partial charge in [0.25, 0.3) is 0 Å². The van der Waals surface area contributed by atoms with Gasteiger partial charge < -0.3 is 4.90 Å². The van der Waals surface area contributed by atoms with Crippen LogP contribution in [0.3, 0.4) is 0 Å². The van der Waals surface area contributed by atoms with Gasteiger partial charge in [0.1, 0.15) is 5.54 Å². The van der Waals surface area contributed by atoms with Crippen LogP contribution in [0.15, 0.2) is 53.7 Å². The van der Waals surface area contributed by atoms with E-state index in [1.165, 1.54) is 86.2 Å². The van der Waals surface area contributed by atoms with E-state index in [4.69, 9.17) is 11.6 Å². The van der Waals surface area contributed by atoms with Crippen LogP contribution in [0.25, 0.3) is 0 Å². The number of benzene rings is 2. The summed E-state index contributed by atoms with van der Waals surface area (Å²) in [6.45, 7) is 13.7. The van der Waals surface area contributed by atoms with Gasteiger partial charge in [0, 0.05) is 67.9 Å². The smallest absolute Gasteiger partial charge is 0.104 e. The van der Waals surface area contributed by atoms with Crippen LogP contribution in [0.5, 0.6) is 0 Å². The Morgan fingerprint density at radius 3 is 2.65 bits per heavy atom. The normalized spacial score (nSPS) is 34.0. The molecule has 0 aromatic heterocycles. The molecule has 2 aromatic carbocycles. The van der Waals surface area contributed by atoms with Gasteiger partial charge in [-0.15, -0.1) is 0 Å². The number of rotatable bonds is 5. The van der Waals surface area contributed by atoms with Crippen molar-refractivity contribution < 1.29 is 0 Å². The highest BCUT2D eigenvalue weighted by Gasteiger charge is 2.42. The standard InChI is InChI=1S/C42H59ClN4O/c1-4-8-33-24-36(43)17-19-38(33)34-15-14-32-13-12-31-23-41(32)47(27-34)28-35-16-18-39(35)40(11-7-9-30(2)25-42(3,26-31)44-48)46-22-21-45-20-6-5-10-37(45)29-46/h7,11-13,17,19,23-24,30,34-35,37,39-40H,4-6,8-10,14-16,18,20-22,25-29H2,1-3H3/b11-7+. The van der Waals surface area contributed by atoms with E-state index in [0.717, 1.165) is 62.7 Å². The lowest BCUT2D eigenvalue weighted by Gasteiger charge is -2.51. The molecular formula is C42H59ClN4O. The van der Waals surface area contributed by atoms with E-state index in [1.807, 2.05) is 0 Å². The lowest BCUT2D eigenvalue weighted by molar-refractivity contribution is -0.00147. The first-order chi connectivity index (χ1) is 23.3. The van der Waals surface area contributed by atoms with E-state index in [9.17, 15) is 4.91 Å². The molecule has 2 saturated heterocycles. The van der Waals surface area contributed by atoms with Gasteiger partial charge in [-0.05, 0) is 129 Å². The van der Waals surface area contributed by atoms with Crippen molar-refractivity contribution in [1.29, 1.82) is 0 Å². The van der Waals surface area contributed by atoms with E-state index >= 15 is 0 Å². The molecule has 5 aliphatic rings. The monoisotopic (exact) mass is 670 g/mol. The van der Waals surface area contributed by atoms with Crippen molar-refractivity contribution in [3.63, 3.8) is 0 Å². The van der Waals surface area contributed by atoms with Crippen molar-refractivity contribution >= 4 is 17.3 Å². The highest BCUT2D eigenvalue weighted by molar-refractivity contribution is 6.30. The number of nitroso groups, excluding NO2 is 1. The SMILES string of the molecule is CCCc1cc(Cl)ccc1C1CCc2ccc3cc2N(C1)CC1CCC1C(N1CCN2CCCCC2C1)/C=C/CC(C)CC(C)(N=O)C3. The summed E-state index contributed by atoms with van der Waals surface area (Å²) in [6, 6.07) is 15.0. The van der Waals surface area contributed by atoms with Gasteiger partial charge in [-0.3, -0.25) is 9.80 Å². The van der Waals surface area contributed by atoms with Crippen LogP contribution < -0.4 is 4.90 Å². The van der Waals surface area contributed by atoms with Crippen molar-refractivity contribution in [3.05, 3.63) is 80.7 Å². The second-order valence-corrected chi connectivity index (χ2v) is 17.0. The topological polar surface area (TPSA) is 39.1 Å². The number of halogens is 1. The van der Waals surface area contributed by atoms with Crippen LogP contribution in [0.1, 0.15) is 107 Å². The van der Waals surface area contributed by atoms with E-state index < -0.39 is 5.54 Å². The Balaban J connectivity index is 1.24. The molecule has 48 heavy (non-hydrogen) atoms. The highest BCUT2D eigenvalue weighted by Crippen LogP contribution is 2.44. The molecule has 0 amide bonds. The fourth-order valence-corrected chi connectivity index (χ4v) is 10.5. The lowest BCUT2D eigenvalue weighted by atomic mass is 9.68. The number of hydrogen-bond donors (Lipinski definition) is 0.